The summed E-state index contributed by atoms with van der Waals surface area (Å²) in [5, 5.41) is 0. The minimum Gasteiger partial charge on any atom is -0.389 e. The van der Waals surface area contributed by atoms with E-state index in [2.05, 4.69) is 9.88 Å². The minimum atomic E-state index is 0.00573. The molecule has 6 heteroatoms. The minimum absolute atomic E-state index is 0.00573. The number of hydrogen-bond donors (Lipinski definition) is 1. The first-order valence-corrected chi connectivity index (χ1v) is 7.85. The summed E-state index contributed by atoms with van der Waals surface area (Å²) in [6.07, 6.45) is 5.21. The van der Waals surface area contributed by atoms with Gasteiger partial charge in [-0.15, -0.1) is 0 Å². The largest absolute Gasteiger partial charge is 0.389 e. The Balaban J connectivity index is 1.64. The zero-order valence-corrected chi connectivity index (χ0v) is 12.8. The van der Waals surface area contributed by atoms with Crippen LogP contribution in [0.25, 0.3) is 0 Å². The van der Waals surface area contributed by atoms with E-state index in [-0.39, 0.29) is 5.91 Å². The number of nitrogens with two attached hydrogens (primary N) is 1. The predicted molar refractivity (Wildman–Crippen MR) is 85.2 cm³/mol. The van der Waals surface area contributed by atoms with Crippen LogP contribution in [-0.2, 0) is 0 Å². The van der Waals surface area contributed by atoms with Crippen LogP contribution in [0.3, 0.4) is 0 Å². The molecule has 1 aromatic heterocycles. The molecule has 2 aliphatic rings. The molecule has 1 unspecified atom stereocenters. The van der Waals surface area contributed by atoms with Crippen molar-refractivity contribution in [2.45, 2.75) is 25.3 Å². The van der Waals surface area contributed by atoms with Gasteiger partial charge in [-0.2, -0.15) is 0 Å². The number of hydrogen-bond acceptors (Lipinski definition) is 4. The third-order valence-corrected chi connectivity index (χ3v) is 4.61. The standard InChI is InChI=1S/C15H20N4OS/c16-14(21)11-3-4-13(17-9-11)15(20)19-8-5-12(10-19)18-6-1-2-7-18/h3-4,9,12H,1-2,5-8,10H2,(H2,16,21). The second kappa shape index (κ2) is 6.07. The Kier molecular flexibility index (Phi) is 4.17. The van der Waals surface area contributed by atoms with Crippen molar-refractivity contribution in [1.29, 1.82) is 0 Å². The first-order valence-electron chi connectivity index (χ1n) is 7.44. The van der Waals surface area contributed by atoms with E-state index < -0.39 is 0 Å². The van der Waals surface area contributed by atoms with Crippen molar-refractivity contribution in [2.24, 2.45) is 5.73 Å². The Labute approximate surface area is 130 Å². The van der Waals surface area contributed by atoms with Crippen molar-refractivity contribution in [1.82, 2.24) is 14.8 Å². The van der Waals surface area contributed by atoms with Crippen LogP contribution in [0, 0.1) is 0 Å². The molecule has 21 heavy (non-hydrogen) atoms. The molecule has 2 saturated heterocycles. The van der Waals surface area contributed by atoms with Crippen molar-refractivity contribution in [3.8, 4) is 0 Å². The molecule has 0 spiro atoms. The van der Waals surface area contributed by atoms with Crippen molar-refractivity contribution in [3.63, 3.8) is 0 Å². The lowest BCUT2D eigenvalue weighted by Crippen LogP contribution is -2.37. The second-order valence-electron chi connectivity index (χ2n) is 5.73. The Morgan fingerprint density at radius 1 is 1.29 bits per heavy atom. The fraction of sp³-hybridized carbons (Fsp3) is 0.533. The number of thiocarbonyl (C=S) groups is 1. The smallest absolute Gasteiger partial charge is 0.272 e. The van der Waals surface area contributed by atoms with Crippen LogP contribution in [0.4, 0.5) is 0 Å². The first-order chi connectivity index (χ1) is 10.1. The number of carbonyl (C=O) groups is 1. The zero-order valence-electron chi connectivity index (χ0n) is 12.0. The average Bonchev–Trinajstić information content (AvgIpc) is 3.17. The average molecular weight is 304 g/mol. The lowest BCUT2D eigenvalue weighted by molar-refractivity contribution is 0.0774. The summed E-state index contributed by atoms with van der Waals surface area (Å²) in [7, 11) is 0. The van der Waals surface area contributed by atoms with Crippen LogP contribution in [0.15, 0.2) is 18.3 Å². The summed E-state index contributed by atoms with van der Waals surface area (Å²) >= 11 is 4.89. The van der Waals surface area contributed by atoms with Crippen molar-refractivity contribution in [2.75, 3.05) is 26.2 Å². The van der Waals surface area contributed by atoms with Crippen molar-refractivity contribution >= 4 is 23.1 Å². The van der Waals surface area contributed by atoms with Gasteiger partial charge in [0.2, 0.25) is 0 Å². The number of carbonyl (C=O) groups excluding carboxylic acids is 1. The summed E-state index contributed by atoms with van der Waals surface area (Å²) < 4.78 is 0. The van der Waals surface area contributed by atoms with Gasteiger partial charge < -0.3 is 10.6 Å². The number of pyridine rings is 1. The van der Waals surface area contributed by atoms with Crippen LogP contribution in [0.2, 0.25) is 0 Å². The maximum absolute atomic E-state index is 12.5. The molecule has 0 saturated carbocycles. The van der Waals surface area contributed by atoms with Gasteiger partial charge in [0, 0.05) is 30.9 Å². The van der Waals surface area contributed by atoms with Gasteiger partial charge in [-0.25, -0.2) is 0 Å². The summed E-state index contributed by atoms with van der Waals surface area (Å²) in [6, 6.07) is 3.99. The fourth-order valence-corrected chi connectivity index (χ4v) is 3.28. The predicted octanol–water partition coefficient (Wildman–Crippen LogP) is 1.03. The monoisotopic (exact) mass is 304 g/mol. The van der Waals surface area contributed by atoms with Crippen LogP contribution in [0.1, 0.15) is 35.3 Å². The zero-order chi connectivity index (χ0) is 14.8. The molecule has 3 heterocycles. The van der Waals surface area contributed by atoms with Gasteiger partial charge >= 0.3 is 0 Å². The SMILES string of the molecule is NC(=S)c1ccc(C(=O)N2CCC(N3CCCC3)C2)nc1. The molecule has 5 nitrogen and oxygen atoms in total. The van der Waals surface area contributed by atoms with Gasteiger partial charge in [-0.05, 0) is 44.5 Å². The Hall–Kier alpha value is -1.53. The van der Waals surface area contributed by atoms with Crippen LogP contribution in [-0.4, -0.2) is 57.9 Å². The van der Waals surface area contributed by atoms with E-state index in [1.165, 1.54) is 25.9 Å². The van der Waals surface area contributed by atoms with E-state index in [0.29, 0.717) is 22.3 Å². The summed E-state index contributed by atoms with van der Waals surface area (Å²) in [5.41, 5.74) is 6.70. The number of likely N-dealkylation sites (tertiary alicyclic amines) is 2. The molecule has 0 bridgehead atoms. The summed E-state index contributed by atoms with van der Waals surface area (Å²) in [4.78, 5) is 21.4. The van der Waals surface area contributed by atoms with E-state index in [1.54, 1.807) is 18.3 Å². The molecule has 2 aliphatic heterocycles. The fourth-order valence-electron chi connectivity index (χ4n) is 3.16. The molecule has 2 fully saturated rings. The number of aromatic nitrogens is 1. The van der Waals surface area contributed by atoms with Gasteiger partial charge in [-0.1, -0.05) is 12.2 Å². The topological polar surface area (TPSA) is 62.5 Å². The molecule has 3 rings (SSSR count). The van der Waals surface area contributed by atoms with Gasteiger partial charge in [0.25, 0.3) is 5.91 Å². The van der Waals surface area contributed by atoms with E-state index >= 15 is 0 Å². The van der Waals surface area contributed by atoms with Gasteiger partial charge in [0.15, 0.2) is 0 Å². The van der Waals surface area contributed by atoms with E-state index in [4.69, 9.17) is 18.0 Å². The van der Waals surface area contributed by atoms with Crippen molar-refractivity contribution < 1.29 is 4.79 Å². The molecule has 0 aliphatic carbocycles. The molecule has 112 valence electrons. The third-order valence-electron chi connectivity index (χ3n) is 4.37. The van der Waals surface area contributed by atoms with Crippen molar-refractivity contribution in [3.05, 3.63) is 29.6 Å². The first kappa shape index (κ1) is 14.4. The Morgan fingerprint density at radius 3 is 2.67 bits per heavy atom. The maximum atomic E-state index is 12.5. The molecular weight excluding hydrogens is 284 g/mol. The molecule has 1 atom stereocenters. The quantitative estimate of drug-likeness (QED) is 0.845. The number of rotatable bonds is 3. The van der Waals surface area contributed by atoms with Crippen LogP contribution < -0.4 is 5.73 Å². The molecule has 0 radical (unpaired) electrons. The highest BCUT2D eigenvalue weighted by atomic mass is 32.1. The van der Waals surface area contributed by atoms with E-state index in [9.17, 15) is 4.79 Å². The normalized spacial score (nSPS) is 22.7. The molecule has 1 amide bonds. The summed E-state index contributed by atoms with van der Waals surface area (Å²) in [5.74, 6) is 0.00573. The third kappa shape index (κ3) is 3.06. The van der Waals surface area contributed by atoms with Crippen LogP contribution >= 0.6 is 12.2 Å². The lowest BCUT2D eigenvalue weighted by Gasteiger charge is -2.23. The van der Waals surface area contributed by atoms with Gasteiger partial charge in [0.1, 0.15) is 10.7 Å². The molecule has 2 N–H and O–H groups in total. The van der Waals surface area contributed by atoms with Gasteiger partial charge in [-0.3, -0.25) is 14.7 Å². The molecular formula is C15H20N4OS. The Bertz CT molecular complexity index is 539. The number of nitrogens with zero attached hydrogens (tertiary/aromatic N) is 3. The summed E-state index contributed by atoms with van der Waals surface area (Å²) in [6.45, 7) is 3.98. The molecule has 0 aromatic carbocycles. The second-order valence-corrected chi connectivity index (χ2v) is 6.17. The Morgan fingerprint density at radius 2 is 2.05 bits per heavy atom. The van der Waals surface area contributed by atoms with E-state index in [1.807, 2.05) is 4.90 Å². The van der Waals surface area contributed by atoms with Gasteiger partial charge in [0.05, 0.1) is 0 Å². The van der Waals surface area contributed by atoms with E-state index in [0.717, 1.165) is 19.5 Å². The maximum Gasteiger partial charge on any atom is 0.272 e. The highest BCUT2D eigenvalue weighted by molar-refractivity contribution is 7.80. The lowest BCUT2D eigenvalue weighted by atomic mass is 10.2. The highest BCUT2D eigenvalue weighted by Gasteiger charge is 2.32. The highest BCUT2D eigenvalue weighted by Crippen LogP contribution is 2.21. The number of amides is 1. The molecule has 1 aromatic rings. The van der Waals surface area contributed by atoms with Crippen LogP contribution in [0.5, 0.6) is 0 Å².